The van der Waals surface area contributed by atoms with Crippen molar-refractivity contribution < 1.29 is 4.43 Å². The lowest BCUT2D eigenvalue weighted by Crippen LogP contribution is -2.44. The molecule has 6 heavy (non-hydrogen) atoms. The second-order valence-corrected chi connectivity index (χ2v) is 1.75. The van der Waals surface area contributed by atoms with E-state index in [2.05, 4.69) is 10.5 Å². The Balaban J connectivity index is 2.00. The molecule has 1 saturated heterocycles. The Morgan fingerprint density at radius 3 is 2.83 bits per heavy atom. The molecule has 0 bridgehead atoms. The van der Waals surface area contributed by atoms with Crippen molar-refractivity contribution in [2.45, 2.75) is 0 Å². The molecule has 1 rings (SSSR count). The van der Waals surface area contributed by atoms with Gasteiger partial charge in [-0.2, -0.15) is 0 Å². The first-order valence-corrected chi connectivity index (χ1v) is 2.75. The van der Waals surface area contributed by atoms with E-state index in [-0.39, 0.29) is 0 Å². The Bertz CT molecular complexity index is 27.0. The smallest absolute Gasteiger partial charge is 0.353 e. The van der Waals surface area contributed by atoms with Gasteiger partial charge < -0.3 is 4.43 Å². The van der Waals surface area contributed by atoms with Gasteiger partial charge in [-0.15, -0.1) is 0 Å². The molecule has 0 atom stereocenters. The molecule has 0 unspecified atom stereocenters. The summed E-state index contributed by atoms with van der Waals surface area (Å²) in [6.45, 7) is 1.76. The molecule has 2 radical (unpaired) electrons. The van der Waals surface area contributed by atoms with Gasteiger partial charge in [0.25, 0.3) is 0 Å². The number of nitrogens with one attached hydrogen (secondary N) is 2. The van der Waals surface area contributed by atoms with E-state index in [1.165, 1.54) is 0 Å². The van der Waals surface area contributed by atoms with Gasteiger partial charge in [0, 0.05) is 13.2 Å². The second-order valence-electron chi connectivity index (χ2n) is 1.00. The van der Waals surface area contributed by atoms with Crippen molar-refractivity contribution in [2.24, 2.45) is 0 Å². The summed E-state index contributed by atoms with van der Waals surface area (Å²) in [5.74, 6) is 0. The third kappa shape index (κ3) is 1.06. The first-order chi connectivity index (χ1) is 3.00. The summed E-state index contributed by atoms with van der Waals surface area (Å²) >= 11 is 0. The average Bonchev–Trinajstić information content (AvgIpc) is 1.72. The summed E-state index contributed by atoms with van der Waals surface area (Å²) in [5.41, 5.74) is 2.92. The highest BCUT2D eigenvalue weighted by molar-refractivity contribution is 6.23. The van der Waals surface area contributed by atoms with Crippen molar-refractivity contribution >= 4 is 9.92 Å². The normalized spacial score (nSPS) is 24.0. The molecule has 1 heterocycles. The molecule has 0 aromatic rings. The van der Waals surface area contributed by atoms with Crippen LogP contribution in [0.2, 0.25) is 0 Å². The molecule has 0 saturated carbocycles. The van der Waals surface area contributed by atoms with Gasteiger partial charge in [-0.1, -0.05) is 0 Å². The number of hydrogen-bond donors (Lipinski definition) is 2. The van der Waals surface area contributed by atoms with Gasteiger partial charge in [0.05, 0.1) is 0 Å². The number of hydrogen-bond acceptors (Lipinski definition) is 3. The van der Waals surface area contributed by atoms with Crippen LogP contribution in [0.15, 0.2) is 0 Å². The van der Waals surface area contributed by atoms with E-state index in [4.69, 9.17) is 4.43 Å². The number of hydrazine groups is 1. The lowest BCUT2D eigenvalue weighted by Gasteiger charge is -2.10. The van der Waals surface area contributed by atoms with Gasteiger partial charge in [-0.25, -0.2) is 0 Å². The molecule has 1 aliphatic heterocycles. The summed E-state index contributed by atoms with van der Waals surface area (Å²) in [6.07, 6.45) is 0. The van der Waals surface area contributed by atoms with Crippen LogP contribution in [0, 0.1) is 0 Å². The third-order valence-corrected chi connectivity index (χ3v) is 1.17. The first kappa shape index (κ1) is 4.26. The van der Waals surface area contributed by atoms with Crippen LogP contribution >= 0.6 is 0 Å². The summed E-state index contributed by atoms with van der Waals surface area (Å²) in [4.78, 5) is 0. The summed E-state index contributed by atoms with van der Waals surface area (Å²) in [5, 5.41) is 2.84. The predicted octanol–water partition coefficient (Wildman–Crippen LogP) is -1.35. The second kappa shape index (κ2) is 2.30. The lowest BCUT2D eigenvalue weighted by atomic mass is 10.7. The van der Waals surface area contributed by atoms with E-state index in [1.807, 2.05) is 0 Å². The van der Waals surface area contributed by atoms with Crippen LogP contribution in [-0.4, -0.2) is 23.1 Å². The van der Waals surface area contributed by atoms with Gasteiger partial charge in [0.15, 0.2) is 0 Å². The molecule has 3 nitrogen and oxygen atoms in total. The molecular weight excluding hydrogens is 96.1 g/mol. The van der Waals surface area contributed by atoms with Crippen LogP contribution in [0.25, 0.3) is 0 Å². The van der Waals surface area contributed by atoms with Crippen molar-refractivity contribution in [3.63, 3.8) is 0 Å². The van der Waals surface area contributed by atoms with Crippen molar-refractivity contribution in [3.05, 3.63) is 0 Å². The minimum Gasteiger partial charge on any atom is -0.400 e. The molecule has 4 heteroatoms. The Kier molecular flexibility index (Phi) is 1.63. The van der Waals surface area contributed by atoms with E-state index in [1.54, 1.807) is 0 Å². The van der Waals surface area contributed by atoms with Crippen LogP contribution in [0.5, 0.6) is 0 Å². The van der Waals surface area contributed by atoms with Crippen LogP contribution in [0.1, 0.15) is 0 Å². The number of rotatable bonds is 0. The molecule has 0 aliphatic carbocycles. The van der Waals surface area contributed by atoms with Gasteiger partial charge in [0.2, 0.25) is 0 Å². The largest absolute Gasteiger partial charge is 0.400 e. The Labute approximate surface area is 39.1 Å². The van der Waals surface area contributed by atoms with E-state index < -0.39 is 0 Å². The zero-order valence-electron chi connectivity index (χ0n) is 3.32. The summed E-state index contributed by atoms with van der Waals surface area (Å²) < 4.78 is 4.92. The first-order valence-electron chi connectivity index (χ1n) is 1.85. The van der Waals surface area contributed by atoms with E-state index in [9.17, 15) is 0 Å². The van der Waals surface area contributed by atoms with Gasteiger partial charge in [-0.3, -0.25) is 10.5 Å². The molecule has 0 amide bonds. The fraction of sp³-hybridized carbons (Fsp3) is 1.00. The van der Waals surface area contributed by atoms with Crippen LogP contribution in [0.3, 0.4) is 0 Å². The minimum atomic E-state index is 0.441. The van der Waals surface area contributed by atoms with Crippen LogP contribution in [-0.2, 0) is 4.43 Å². The average molecular weight is 102 g/mol. The zero-order chi connectivity index (χ0) is 4.24. The minimum absolute atomic E-state index is 0.441. The maximum Gasteiger partial charge on any atom is 0.353 e. The topological polar surface area (TPSA) is 33.3 Å². The lowest BCUT2D eigenvalue weighted by molar-refractivity contribution is 0.286. The quantitative estimate of drug-likeness (QED) is 0.371. The van der Waals surface area contributed by atoms with Crippen molar-refractivity contribution in [2.75, 3.05) is 13.2 Å². The molecule has 0 aromatic carbocycles. The van der Waals surface area contributed by atoms with Gasteiger partial charge in [0.1, 0.15) is 0 Å². The fourth-order valence-electron chi connectivity index (χ4n) is 0.288. The van der Waals surface area contributed by atoms with E-state index in [0.717, 1.165) is 13.2 Å². The molecule has 1 fully saturated rings. The summed E-state index contributed by atoms with van der Waals surface area (Å²) in [7, 11) is 0.441. The maximum absolute atomic E-state index is 4.92. The van der Waals surface area contributed by atoms with E-state index in [0.29, 0.717) is 9.92 Å². The van der Waals surface area contributed by atoms with Crippen molar-refractivity contribution in [1.29, 1.82) is 0 Å². The highest BCUT2D eigenvalue weighted by Crippen LogP contribution is 1.68. The zero-order valence-corrected chi connectivity index (χ0v) is 4.32. The third-order valence-electron chi connectivity index (χ3n) is 0.541. The molecule has 34 valence electrons. The monoisotopic (exact) mass is 102 g/mol. The summed E-state index contributed by atoms with van der Waals surface area (Å²) in [6, 6.07) is 0. The molecule has 0 spiro atoms. The van der Waals surface area contributed by atoms with Gasteiger partial charge >= 0.3 is 9.92 Å². The Morgan fingerprint density at radius 2 is 2.67 bits per heavy atom. The maximum atomic E-state index is 4.92. The molecule has 0 aromatic heterocycles. The molecule has 1 aliphatic rings. The highest BCUT2D eigenvalue weighted by Gasteiger charge is 1.95. The fourth-order valence-corrected chi connectivity index (χ4v) is 0.761. The highest BCUT2D eigenvalue weighted by atomic mass is 28.2. The molecular formula is C2H6N2OSi. The van der Waals surface area contributed by atoms with Crippen LogP contribution in [0.4, 0.5) is 0 Å². The standard InChI is InChI=1S/C2H6N2OSi/c1-2-5-6-4-3-1/h3-4H,1-2H2. The Morgan fingerprint density at radius 1 is 1.67 bits per heavy atom. The van der Waals surface area contributed by atoms with Crippen LogP contribution < -0.4 is 10.5 Å². The molecule has 2 N–H and O–H groups in total. The SMILES string of the molecule is C1CO[Si]NN1. The predicted molar refractivity (Wildman–Crippen MR) is 22.8 cm³/mol. The van der Waals surface area contributed by atoms with E-state index >= 15 is 0 Å². The van der Waals surface area contributed by atoms with Gasteiger partial charge in [-0.05, 0) is 0 Å². The van der Waals surface area contributed by atoms with Crippen molar-refractivity contribution in [3.8, 4) is 0 Å². The Hall–Kier alpha value is 0.0969. The van der Waals surface area contributed by atoms with Crippen molar-refractivity contribution in [1.82, 2.24) is 10.5 Å².